The summed E-state index contributed by atoms with van der Waals surface area (Å²) in [6, 6.07) is 9.85. The van der Waals surface area contributed by atoms with E-state index in [1.165, 1.54) is 5.57 Å². The third-order valence-electron chi connectivity index (χ3n) is 15.8. The van der Waals surface area contributed by atoms with E-state index in [9.17, 15) is 19.2 Å². The molecule has 0 amide bonds. The van der Waals surface area contributed by atoms with Gasteiger partial charge in [-0.1, -0.05) is 77.4 Å². The van der Waals surface area contributed by atoms with Crippen LogP contribution in [0.25, 0.3) is 0 Å². The van der Waals surface area contributed by atoms with Crippen molar-refractivity contribution in [3.63, 3.8) is 0 Å². The Kier molecular flexibility index (Phi) is 8.50. The van der Waals surface area contributed by atoms with Crippen LogP contribution in [-0.2, 0) is 37.1 Å². The maximum Gasteiger partial charge on any atom is 0.519 e. The number of fused-ring (bicyclic) bond motifs is 7. The number of carbonyl (C=O) groups excluding carboxylic acids is 3. The topological polar surface area (TPSA) is 113 Å². The lowest BCUT2D eigenvalue weighted by Gasteiger charge is -2.70. The van der Waals surface area contributed by atoms with Gasteiger partial charge in [-0.05, 0) is 122 Å². The molecular formula is C43H56O8. The Morgan fingerprint density at radius 1 is 0.824 bits per heavy atom. The first-order valence-electron chi connectivity index (χ1n) is 19.1. The molecule has 5 aliphatic rings. The summed E-state index contributed by atoms with van der Waals surface area (Å²) in [5.41, 5.74) is 0.559. The second kappa shape index (κ2) is 12.1. The van der Waals surface area contributed by atoms with E-state index in [4.69, 9.17) is 18.3 Å². The fourth-order valence-electron chi connectivity index (χ4n) is 12.4. The molecule has 1 heterocycles. The molecular weight excluding hydrogens is 644 g/mol. The number of hydrogen-bond donors (Lipinski definition) is 0. The number of carbonyl (C=O) groups is 3. The molecule has 0 aliphatic heterocycles. The minimum Gasteiger partial charge on any atom is -0.460 e. The van der Waals surface area contributed by atoms with Gasteiger partial charge in [0, 0.05) is 5.92 Å². The van der Waals surface area contributed by atoms with Crippen molar-refractivity contribution in [3.05, 3.63) is 69.7 Å². The lowest BCUT2D eigenvalue weighted by Crippen LogP contribution is -2.66. The monoisotopic (exact) mass is 700 g/mol. The molecule has 276 valence electrons. The highest BCUT2D eigenvalue weighted by Gasteiger charge is 2.70. The van der Waals surface area contributed by atoms with E-state index in [1.54, 1.807) is 6.92 Å². The molecule has 0 saturated heterocycles. The van der Waals surface area contributed by atoms with E-state index >= 15 is 0 Å². The molecule has 4 saturated carbocycles. The number of benzene rings is 1. The number of rotatable bonds is 6. The number of ether oxygens (including phenoxy) is 2. The number of allylic oxidation sites excluding steroid dienone is 2. The van der Waals surface area contributed by atoms with Crippen LogP contribution in [0.1, 0.15) is 123 Å². The summed E-state index contributed by atoms with van der Waals surface area (Å²) in [7, 11) is 0. The summed E-state index contributed by atoms with van der Waals surface area (Å²) in [6.45, 7) is 17.7. The summed E-state index contributed by atoms with van der Waals surface area (Å²) in [6.07, 6.45) is 9.80. The molecule has 9 atom stereocenters. The zero-order valence-corrected chi connectivity index (χ0v) is 31.8. The maximum atomic E-state index is 14.8. The van der Waals surface area contributed by atoms with Crippen LogP contribution in [-0.4, -0.2) is 17.7 Å². The Morgan fingerprint density at radius 2 is 1.53 bits per heavy atom. The van der Waals surface area contributed by atoms with E-state index < -0.39 is 16.7 Å². The summed E-state index contributed by atoms with van der Waals surface area (Å²) < 4.78 is 21.7. The summed E-state index contributed by atoms with van der Waals surface area (Å²) >= 11 is 0. The van der Waals surface area contributed by atoms with Crippen molar-refractivity contribution in [3.8, 4) is 0 Å². The molecule has 2 aromatic rings. The van der Waals surface area contributed by atoms with Gasteiger partial charge in [0.15, 0.2) is 23.9 Å². The van der Waals surface area contributed by atoms with Crippen molar-refractivity contribution in [2.45, 2.75) is 126 Å². The highest BCUT2D eigenvalue weighted by molar-refractivity contribution is 5.96. The maximum absolute atomic E-state index is 14.8. The first-order chi connectivity index (χ1) is 23.9. The quantitative estimate of drug-likeness (QED) is 0.275. The minimum absolute atomic E-state index is 0.0348. The van der Waals surface area contributed by atoms with Crippen LogP contribution in [0, 0.1) is 63.1 Å². The fourth-order valence-corrected chi connectivity index (χ4v) is 12.4. The summed E-state index contributed by atoms with van der Waals surface area (Å²) in [4.78, 5) is 53.8. The van der Waals surface area contributed by atoms with E-state index in [1.807, 2.05) is 36.4 Å². The van der Waals surface area contributed by atoms with E-state index in [0.717, 1.165) is 50.5 Å². The van der Waals surface area contributed by atoms with Gasteiger partial charge in [-0.3, -0.25) is 14.4 Å². The number of esters is 2. The molecule has 1 aromatic carbocycles. The van der Waals surface area contributed by atoms with Gasteiger partial charge in [-0.2, -0.15) is 0 Å². The van der Waals surface area contributed by atoms with Gasteiger partial charge in [0.05, 0.1) is 11.3 Å². The molecule has 0 N–H and O–H groups in total. The van der Waals surface area contributed by atoms with E-state index in [0.29, 0.717) is 18.6 Å². The second-order valence-electron chi connectivity index (χ2n) is 18.8. The zero-order chi connectivity index (χ0) is 36.8. The summed E-state index contributed by atoms with van der Waals surface area (Å²) in [5.74, 6) is -0.675. The van der Waals surface area contributed by atoms with Crippen LogP contribution in [0.15, 0.2) is 55.6 Å². The third kappa shape index (κ3) is 5.43. The Balaban J connectivity index is 1.15. The molecule has 8 nitrogen and oxygen atoms in total. The molecule has 5 aliphatic carbocycles. The van der Waals surface area contributed by atoms with Crippen molar-refractivity contribution in [1.29, 1.82) is 0 Å². The average molecular weight is 701 g/mol. The van der Waals surface area contributed by atoms with Gasteiger partial charge in [0.1, 0.15) is 6.61 Å². The summed E-state index contributed by atoms with van der Waals surface area (Å²) in [5, 5.41) is 0. The number of hydrogen-bond acceptors (Lipinski definition) is 8. The first-order valence-corrected chi connectivity index (χ1v) is 19.1. The predicted molar refractivity (Wildman–Crippen MR) is 191 cm³/mol. The highest BCUT2D eigenvalue weighted by atomic mass is 16.6. The van der Waals surface area contributed by atoms with Crippen LogP contribution >= 0.6 is 0 Å². The molecule has 0 spiro atoms. The molecule has 8 heteroatoms. The zero-order valence-electron chi connectivity index (χ0n) is 31.8. The molecule has 51 heavy (non-hydrogen) atoms. The lowest BCUT2D eigenvalue weighted by atomic mass is 9.33. The van der Waals surface area contributed by atoms with Gasteiger partial charge >= 0.3 is 17.8 Å². The highest BCUT2D eigenvalue weighted by Crippen LogP contribution is 2.75. The normalized spacial score (nSPS) is 39.8. The first kappa shape index (κ1) is 36.0. The van der Waals surface area contributed by atoms with Crippen molar-refractivity contribution in [2.75, 3.05) is 0 Å². The lowest BCUT2D eigenvalue weighted by molar-refractivity contribution is -0.200. The third-order valence-corrected chi connectivity index (χ3v) is 15.8. The Morgan fingerprint density at radius 3 is 2.22 bits per heavy atom. The minimum atomic E-state index is -0.804. The second-order valence-corrected chi connectivity index (χ2v) is 18.8. The van der Waals surface area contributed by atoms with Crippen molar-refractivity contribution >= 4 is 17.7 Å². The molecule has 0 radical (unpaired) electrons. The molecule has 4 fully saturated rings. The van der Waals surface area contributed by atoms with Crippen molar-refractivity contribution in [2.24, 2.45) is 56.2 Å². The van der Waals surface area contributed by atoms with E-state index in [2.05, 4.69) is 48.5 Å². The van der Waals surface area contributed by atoms with Crippen LogP contribution in [0.5, 0.6) is 0 Å². The van der Waals surface area contributed by atoms with Gasteiger partial charge in [-0.15, -0.1) is 0 Å². The Bertz CT molecular complexity index is 1820. The standard InChI is InChI=1S/C43H56O8/c1-26-32(51-37(47)50-26)25-48-35(45)28-14-16-41(6)33(38(28,2)3)15-17-43(8)34(41)31(44)22-29-30-23-40(5,19-18-39(30,4)20-21-42(29,43)7)36(46)49-24-27-12-10-9-11-13-27/h9-13,22,28,30,33-34H,14-21,23-25H2,1-8H3/t28-,30+,33+,34-,39-,40+,41+,42-,43-/m1/s1. The SMILES string of the molecule is Cc1oc(=O)oc1COC(=O)[C@H]1CC[C@]2(C)[C@H]3C(=O)C=C4[C@@H]5C[C@@](C)(C(=O)OCc6ccccc6)CC[C@]5(C)CC[C@@]4(C)[C@]3(C)CC[C@H]2C1(C)C. The molecule has 0 bridgehead atoms. The van der Waals surface area contributed by atoms with Crippen LogP contribution in [0.3, 0.4) is 0 Å². The van der Waals surface area contributed by atoms with Crippen LogP contribution in [0.4, 0.5) is 0 Å². The fraction of sp³-hybridized carbons (Fsp3) is 0.674. The van der Waals surface area contributed by atoms with Gasteiger partial charge in [0.2, 0.25) is 0 Å². The van der Waals surface area contributed by atoms with Crippen molar-refractivity contribution < 1.29 is 32.7 Å². The molecule has 7 rings (SSSR count). The van der Waals surface area contributed by atoms with Gasteiger partial charge < -0.3 is 18.3 Å². The number of aryl methyl sites for hydroxylation is 1. The van der Waals surface area contributed by atoms with Gasteiger partial charge in [0.25, 0.3) is 0 Å². The Labute approximate surface area is 302 Å². The average Bonchev–Trinajstić information content (AvgIpc) is 3.40. The molecule has 0 unspecified atom stereocenters. The Hall–Kier alpha value is -3.42. The smallest absolute Gasteiger partial charge is 0.460 e. The molecule has 1 aromatic heterocycles. The predicted octanol–water partition coefficient (Wildman–Crippen LogP) is 8.92. The van der Waals surface area contributed by atoms with Crippen LogP contribution < -0.4 is 5.82 Å². The van der Waals surface area contributed by atoms with Crippen molar-refractivity contribution in [1.82, 2.24) is 0 Å². The number of ketones is 1. The van der Waals surface area contributed by atoms with Gasteiger partial charge in [-0.25, -0.2) is 4.79 Å². The van der Waals surface area contributed by atoms with E-state index in [-0.39, 0.29) is 82.0 Å². The van der Waals surface area contributed by atoms with Crippen LogP contribution in [0.2, 0.25) is 0 Å². The largest absolute Gasteiger partial charge is 0.519 e.